The molecule has 0 radical (unpaired) electrons. The third kappa shape index (κ3) is 3.54. The van der Waals surface area contributed by atoms with Crippen LogP contribution in [0.25, 0.3) is 0 Å². The van der Waals surface area contributed by atoms with Gasteiger partial charge in [-0.05, 0) is 49.9 Å². The molecule has 0 aromatic heterocycles. The summed E-state index contributed by atoms with van der Waals surface area (Å²) in [6.45, 7) is 4.38. The zero-order chi connectivity index (χ0) is 15.8. The van der Waals surface area contributed by atoms with E-state index in [1.54, 1.807) is 13.8 Å². The molecule has 21 heavy (non-hydrogen) atoms. The number of sulfonamides is 1. The minimum absolute atomic E-state index is 0.107. The van der Waals surface area contributed by atoms with Crippen LogP contribution < -0.4 is 9.86 Å². The number of nitrogens with zero attached hydrogens (tertiary/aromatic N) is 1. The van der Waals surface area contributed by atoms with E-state index in [1.165, 1.54) is 16.4 Å². The second-order valence-corrected chi connectivity index (χ2v) is 8.40. The van der Waals surface area contributed by atoms with E-state index < -0.39 is 20.2 Å². The summed E-state index contributed by atoms with van der Waals surface area (Å²) in [7, 11) is -7.55. The van der Waals surface area contributed by atoms with Crippen molar-refractivity contribution in [3.8, 4) is 0 Å². The summed E-state index contributed by atoms with van der Waals surface area (Å²) < 4.78 is 51.3. The van der Waals surface area contributed by atoms with Crippen LogP contribution in [0.15, 0.2) is 17.0 Å². The summed E-state index contributed by atoms with van der Waals surface area (Å²) in [5.74, 6) is 0. The molecule has 9 heteroatoms. The number of primary sulfonamides is 1. The lowest BCUT2D eigenvalue weighted by Gasteiger charge is -2.19. The molecular formula is C12H19N3O4S2. The van der Waals surface area contributed by atoms with Crippen molar-refractivity contribution in [3.63, 3.8) is 0 Å². The van der Waals surface area contributed by atoms with E-state index in [9.17, 15) is 16.8 Å². The number of hydrogen-bond donors (Lipinski definition) is 2. The molecule has 2 rings (SSSR count). The first kappa shape index (κ1) is 16.2. The van der Waals surface area contributed by atoms with Crippen molar-refractivity contribution in [2.45, 2.75) is 31.6 Å². The second kappa shape index (κ2) is 5.56. The summed E-state index contributed by atoms with van der Waals surface area (Å²) in [6.07, 6.45) is 1.66. The number of aryl methyl sites for hydroxylation is 1. The number of rotatable bonds is 4. The Kier molecular flexibility index (Phi) is 4.29. The number of nitrogens with two attached hydrogens (primary N) is 1. The van der Waals surface area contributed by atoms with E-state index in [-0.39, 0.29) is 10.6 Å². The van der Waals surface area contributed by atoms with Crippen molar-refractivity contribution in [2.75, 3.05) is 17.8 Å². The van der Waals surface area contributed by atoms with Gasteiger partial charge < -0.3 is 0 Å². The molecular weight excluding hydrogens is 314 g/mol. The summed E-state index contributed by atoms with van der Waals surface area (Å²) >= 11 is 0. The maximum atomic E-state index is 12.3. The van der Waals surface area contributed by atoms with Crippen LogP contribution in [0.2, 0.25) is 0 Å². The predicted molar refractivity (Wildman–Crippen MR) is 80.6 cm³/mol. The molecule has 118 valence electrons. The van der Waals surface area contributed by atoms with Gasteiger partial charge in [0.05, 0.1) is 10.6 Å². The van der Waals surface area contributed by atoms with E-state index in [0.29, 0.717) is 24.2 Å². The Morgan fingerprint density at radius 2 is 1.67 bits per heavy atom. The van der Waals surface area contributed by atoms with Crippen LogP contribution in [0.3, 0.4) is 0 Å². The average Bonchev–Trinajstić information content (AvgIpc) is 2.87. The zero-order valence-corrected chi connectivity index (χ0v) is 13.6. The Morgan fingerprint density at radius 3 is 2.19 bits per heavy atom. The summed E-state index contributed by atoms with van der Waals surface area (Å²) in [6, 6.07) is 2.68. The molecule has 0 bridgehead atoms. The quantitative estimate of drug-likeness (QED) is 0.845. The van der Waals surface area contributed by atoms with Gasteiger partial charge in [0.2, 0.25) is 10.0 Å². The maximum absolute atomic E-state index is 12.3. The van der Waals surface area contributed by atoms with Crippen LogP contribution >= 0.6 is 0 Å². The summed E-state index contributed by atoms with van der Waals surface area (Å²) in [5, 5.41) is 5.12. The van der Waals surface area contributed by atoms with Gasteiger partial charge in [-0.3, -0.25) is 4.72 Å². The Hall–Kier alpha value is -1.16. The minimum Gasteiger partial charge on any atom is -0.271 e. The van der Waals surface area contributed by atoms with Crippen LogP contribution in [-0.4, -0.2) is 34.2 Å². The SMILES string of the molecule is Cc1cc(S(N)(=O)=O)cc(NS(=O)(=O)N2CCCC2)c1C. The predicted octanol–water partition coefficient (Wildman–Crippen LogP) is 0.703. The van der Waals surface area contributed by atoms with E-state index >= 15 is 0 Å². The summed E-state index contributed by atoms with van der Waals surface area (Å²) in [4.78, 5) is -0.107. The van der Waals surface area contributed by atoms with Crippen LogP contribution in [-0.2, 0) is 20.2 Å². The molecule has 0 saturated carbocycles. The smallest absolute Gasteiger partial charge is 0.271 e. The fourth-order valence-corrected chi connectivity index (χ4v) is 4.21. The monoisotopic (exact) mass is 333 g/mol. The van der Waals surface area contributed by atoms with Crippen molar-refractivity contribution in [2.24, 2.45) is 5.14 Å². The van der Waals surface area contributed by atoms with Crippen LogP contribution in [0.4, 0.5) is 5.69 Å². The van der Waals surface area contributed by atoms with Gasteiger partial charge in [0.1, 0.15) is 0 Å². The normalized spacial score (nSPS) is 17.1. The molecule has 0 unspecified atom stereocenters. The molecule has 0 spiro atoms. The first-order valence-electron chi connectivity index (χ1n) is 6.53. The van der Waals surface area contributed by atoms with E-state index in [0.717, 1.165) is 12.8 Å². The minimum atomic E-state index is -3.89. The molecule has 7 nitrogen and oxygen atoms in total. The largest absolute Gasteiger partial charge is 0.301 e. The van der Waals surface area contributed by atoms with Crippen molar-refractivity contribution in [1.82, 2.24) is 4.31 Å². The van der Waals surface area contributed by atoms with Crippen LogP contribution in [0, 0.1) is 13.8 Å². The first-order chi connectivity index (χ1) is 9.61. The van der Waals surface area contributed by atoms with Gasteiger partial charge in [0.25, 0.3) is 0 Å². The van der Waals surface area contributed by atoms with Gasteiger partial charge in [-0.2, -0.15) is 12.7 Å². The maximum Gasteiger partial charge on any atom is 0.301 e. The molecule has 0 amide bonds. The Balaban J connectivity index is 2.42. The molecule has 1 heterocycles. The van der Waals surface area contributed by atoms with Crippen LogP contribution in [0.5, 0.6) is 0 Å². The number of benzene rings is 1. The number of nitrogens with one attached hydrogen (secondary N) is 1. The lowest BCUT2D eigenvalue weighted by Crippen LogP contribution is -2.33. The summed E-state index contributed by atoms with van der Waals surface area (Å²) in [5.41, 5.74) is 1.57. The first-order valence-corrected chi connectivity index (χ1v) is 9.52. The molecule has 1 saturated heterocycles. The Bertz CT molecular complexity index is 751. The molecule has 1 aromatic rings. The number of anilines is 1. The van der Waals surface area contributed by atoms with Crippen molar-refractivity contribution in [3.05, 3.63) is 23.3 Å². The molecule has 1 aromatic carbocycles. The standard InChI is InChI=1S/C12H19N3O4S2/c1-9-7-11(20(13,16)17)8-12(10(9)2)14-21(18,19)15-5-3-4-6-15/h7-8,14H,3-6H2,1-2H3,(H2,13,16,17). The highest BCUT2D eigenvalue weighted by Gasteiger charge is 2.26. The second-order valence-electron chi connectivity index (χ2n) is 5.17. The fourth-order valence-electron chi connectivity index (χ4n) is 2.23. The molecule has 1 fully saturated rings. The van der Waals surface area contributed by atoms with E-state index in [1.807, 2.05) is 0 Å². The lowest BCUT2D eigenvalue weighted by molar-refractivity contribution is 0.482. The van der Waals surface area contributed by atoms with Gasteiger partial charge >= 0.3 is 10.2 Å². The molecule has 1 aliphatic heterocycles. The molecule has 0 atom stereocenters. The van der Waals surface area contributed by atoms with Gasteiger partial charge in [0.15, 0.2) is 0 Å². The molecule has 0 aliphatic carbocycles. The zero-order valence-electron chi connectivity index (χ0n) is 12.0. The highest BCUT2D eigenvalue weighted by atomic mass is 32.2. The Morgan fingerprint density at radius 1 is 1.10 bits per heavy atom. The fraction of sp³-hybridized carbons (Fsp3) is 0.500. The highest BCUT2D eigenvalue weighted by molar-refractivity contribution is 7.90. The van der Waals surface area contributed by atoms with Crippen LogP contribution in [0.1, 0.15) is 24.0 Å². The van der Waals surface area contributed by atoms with Crippen molar-refractivity contribution >= 4 is 25.9 Å². The third-order valence-corrected chi connectivity index (χ3v) is 6.03. The van der Waals surface area contributed by atoms with Crippen molar-refractivity contribution < 1.29 is 16.8 Å². The van der Waals surface area contributed by atoms with E-state index in [2.05, 4.69) is 4.72 Å². The van der Waals surface area contributed by atoms with Gasteiger partial charge in [-0.1, -0.05) is 0 Å². The topological polar surface area (TPSA) is 110 Å². The van der Waals surface area contributed by atoms with Gasteiger partial charge in [-0.15, -0.1) is 0 Å². The van der Waals surface area contributed by atoms with Gasteiger partial charge in [-0.25, -0.2) is 13.6 Å². The van der Waals surface area contributed by atoms with Gasteiger partial charge in [0, 0.05) is 13.1 Å². The average molecular weight is 333 g/mol. The lowest BCUT2D eigenvalue weighted by atomic mass is 10.1. The molecule has 1 aliphatic rings. The third-order valence-electron chi connectivity index (χ3n) is 3.61. The van der Waals surface area contributed by atoms with E-state index in [4.69, 9.17) is 5.14 Å². The van der Waals surface area contributed by atoms with Crippen molar-refractivity contribution in [1.29, 1.82) is 0 Å². The highest BCUT2D eigenvalue weighted by Crippen LogP contribution is 2.25. The molecule has 3 N–H and O–H groups in total. The Labute approximate surface area is 125 Å². The number of hydrogen-bond acceptors (Lipinski definition) is 4.